The molecule has 72 valence electrons. The van der Waals surface area contributed by atoms with Crippen molar-refractivity contribution < 1.29 is 13.5 Å². The van der Waals surface area contributed by atoms with E-state index >= 15 is 0 Å². The highest BCUT2D eigenvalue weighted by atomic mass is 35.5. The van der Waals surface area contributed by atoms with Gasteiger partial charge in [-0.1, -0.05) is 0 Å². The van der Waals surface area contributed by atoms with Gasteiger partial charge >= 0.3 is 0 Å². The van der Waals surface area contributed by atoms with Crippen molar-refractivity contribution >= 4 is 11.6 Å². The van der Waals surface area contributed by atoms with E-state index in [0.29, 0.717) is 5.88 Å². The third-order valence-corrected chi connectivity index (χ3v) is 1.62. The average Bonchev–Trinajstić information content (AvgIpc) is 2.15. The van der Waals surface area contributed by atoms with Crippen LogP contribution >= 0.6 is 11.6 Å². The molecule has 0 aliphatic carbocycles. The minimum absolute atomic E-state index is 0.179. The summed E-state index contributed by atoms with van der Waals surface area (Å²) in [7, 11) is 0. The van der Waals surface area contributed by atoms with Crippen molar-refractivity contribution in [2.75, 3.05) is 6.61 Å². The lowest BCUT2D eigenvalue weighted by atomic mass is 10.3. The Morgan fingerprint density at radius 1 is 1.54 bits per heavy atom. The van der Waals surface area contributed by atoms with Crippen molar-refractivity contribution in [3.05, 3.63) is 23.9 Å². The maximum Gasteiger partial charge on any atom is 0.272 e. The Hall–Kier alpha value is -0.900. The molecule has 0 amide bonds. The zero-order chi connectivity index (χ0) is 9.68. The van der Waals surface area contributed by atoms with Gasteiger partial charge in [0, 0.05) is 18.1 Å². The van der Waals surface area contributed by atoms with Gasteiger partial charge in [-0.25, -0.2) is 13.8 Å². The first-order chi connectivity index (χ1) is 6.22. The Morgan fingerprint density at radius 2 is 2.31 bits per heavy atom. The molecule has 0 N–H and O–H groups in total. The standard InChI is InChI=1S/C8H8ClF2NO/c9-4-6-1-2-12-8(3-6)13-5-7(10)11/h1-3,7H,4-5H2. The Labute approximate surface area is 79.5 Å². The first-order valence-corrected chi connectivity index (χ1v) is 4.17. The molecule has 0 saturated heterocycles. The van der Waals surface area contributed by atoms with Crippen LogP contribution in [0.5, 0.6) is 5.88 Å². The summed E-state index contributed by atoms with van der Waals surface area (Å²) in [6.45, 7) is -0.640. The van der Waals surface area contributed by atoms with Crippen molar-refractivity contribution in [1.82, 2.24) is 4.98 Å². The zero-order valence-electron chi connectivity index (χ0n) is 6.71. The second kappa shape index (κ2) is 4.97. The number of rotatable bonds is 4. The molecule has 0 spiro atoms. The fourth-order valence-corrected chi connectivity index (χ4v) is 0.927. The summed E-state index contributed by atoms with van der Waals surface area (Å²) in [5, 5.41) is 0. The molecule has 0 fully saturated rings. The fraction of sp³-hybridized carbons (Fsp3) is 0.375. The predicted octanol–water partition coefficient (Wildman–Crippen LogP) is 2.46. The number of pyridine rings is 1. The molecule has 5 heteroatoms. The number of aromatic nitrogens is 1. The van der Waals surface area contributed by atoms with Gasteiger partial charge in [0.15, 0.2) is 6.61 Å². The van der Waals surface area contributed by atoms with Crippen molar-refractivity contribution in [3.8, 4) is 5.88 Å². The van der Waals surface area contributed by atoms with E-state index in [-0.39, 0.29) is 5.88 Å². The lowest BCUT2D eigenvalue weighted by molar-refractivity contribution is 0.0795. The van der Waals surface area contributed by atoms with Gasteiger partial charge in [0.25, 0.3) is 6.43 Å². The lowest BCUT2D eigenvalue weighted by Crippen LogP contribution is -2.07. The van der Waals surface area contributed by atoms with Crippen LogP contribution in [0.15, 0.2) is 18.3 Å². The Bertz CT molecular complexity index is 270. The van der Waals surface area contributed by atoms with Gasteiger partial charge in [-0.3, -0.25) is 0 Å². The normalized spacial score (nSPS) is 10.5. The van der Waals surface area contributed by atoms with Gasteiger partial charge < -0.3 is 4.74 Å². The van der Waals surface area contributed by atoms with Gasteiger partial charge in [-0.15, -0.1) is 11.6 Å². The molecule has 0 bridgehead atoms. The molecule has 0 aromatic carbocycles. The molecule has 0 radical (unpaired) electrons. The molecule has 0 atom stereocenters. The first kappa shape index (κ1) is 10.2. The van der Waals surface area contributed by atoms with Crippen LogP contribution in [-0.4, -0.2) is 18.0 Å². The third-order valence-electron chi connectivity index (χ3n) is 1.31. The maximum absolute atomic E-state index is 11.7. The van der Waals surface area contributed by atoms with E-state index in [9.17, 15) is 8.78 Å². The number of hydrogen-bond acceptors (Lipinski definition) is 2. The summed E-state index contributed by atoms with van der Waals surface area (Å²) in [5.41, 5.74) is 0.793. The number of nitrogens with zero attached hydrogens (tertiary/aromatic N) is 1. The van der Waals surface area contributed by atoms with Gasteiger partial charge in [0.05, 0.1) is 0 Å². The number of alkyl halides is 3. The number of hydrogen-bond donors (Lipinski definition) is 0. The first-order valence-electron chi connectivity index (χ1n) is 3.64. The molecule has 0 aliphatic heterocycles. The van der Waals surface area contributed by atoms with Gasteiger partial charge in [0.2, 0.25) is 5.88 Å². The van der Waals surface area contributed by atoms with Crippen molar-refractivity contribution in [2.24, 2.45) is 0 Å². The highest BCUT2D eigenvalue weighted by Gasteiger charge is 2.04. The molecule has 0 aliphatic rings. The molecule has 0 unspecified atom stereocenters. The minimum Gasteiger partial charge on any atom is -0.472 e. The van der Waals surface area contributed by atoms with Crippen molar-refractivity contribution in [3.63, 3.8) is 0 Å². The van der Waals surface area contributed by atoms with Gasteiger partial charge in [-0.2, -0.15) is 0 Å². The summed E-state index contributed by atoms with van der Waals surface area (Å²) in [6.07, 6.45) is -1.01. The highest BCUT2D eigenvalue weighted by Crippen LogP contribution is 2.11. The Morgan fingerprint density at radius 3 is 2.92 bits per heavy atom. The Kier molecular flexibility index (Phi) is 3.89. The van der Waals surface area contributed by atoms with Crippen LogP contribution < -0.4 is 4.74 Å². The molecular weight excluding hydrogens is 200 g/mol. The van der Waals surface area contributed by atoms with Crippen LogP contribution in [0.2, 0.25) is 0 Å². The van der Waals surface area contributed by atoms with Crippen LogP contribution in [0.25, 0.3) is 0 Å². The molecule has 0 saturated carbocycles. The van der Waals surface area contributed by atoms with E-state index in [1.165, 1.54) is 12.3 Å². The second-order valence-corrected chi connectivity index (χ2v) is 2.61. The van der Waals surface area contributed by atoms with E-state index < -0.39 is 13.0 Å². The van der Waals surface area contributed by atoms with E-state index in [2.05, 4.69) is 4.98 Å². The zero-order valence-corrected chi connectivity index (χ0v) is 7.47. The summed E-state index contributed by atoms with van der Waals surface area (Å²) >= 11 is 5.53. The summed E-state index contributed by atoms with van der Waals surface area (Å²) < 4.78 is 28.1. The monoisotopic (exact) mass is 207 g/mol. The van der Waals surface area contributed by atoms with Crippen molar-refractivity contribution in [2.45, 2.75) is 12.3 Å². The predicted molar refractivity (Wildman–Crippen MR) is 45.3 cm³/mol. The highest BCUT2D eigenvalue weighted by molar-refractivity contribution is 6.17. The van der Waals surface area contributed by atoms with E-state index in [0.717, 1.165) is 5.56 Å². The van der Waals surface area contributed by atoms with E-state index in [4.69, 9.17) is 16.3 Å². The smallest absolute Gasteiger partial charge is 0.272 e. The minimum atomic E-state index is -2.48. The lowest BCUT2D eigenvalue weighted by Gasteiger charge is -2.04. The van der Waals surface area contributed by atoms with Crippen LogP contribution in [0, 0.1) is 0 Å². The fourth-order valence-electron chi connectivity index (χ4n) is 0.761. The summed E-state index contributed by atoms with van der Waals surface area (Å²) in [4.78, 5) is 3.75. The quantitative estimate of drug-likeness (QED) is 0.708. The molecule has 1 aromatic rings. The molecule has 1 aromatic heterocycles. The van der Waals surface area contributed by atoms with Gasteiger partial charge in [-0.05, 0) is 11.6 Å². The molecule has 2 nitrogen and oxygen atoms in total. The molecular formula is C8H8ClF2NO. The second-order valence-electron chi connectivity index (χ2n) is 2.34. The van der Waals surface area contributed by atoms with Crippen LogP contribution in [0.3, 0.4) is 0 Å². The third kappa shape index (κ3) is 3.55. The van der Waals surface area contributed by atoms with Crippen LogP contribution in [0.4, 0.5) is 8.78 Å². The van der Waals surface area contributed by atoms with Crippen LogP contribution in [0.1, 0.15) is 5.56 Å². The molecule has 13 heavy (non-hydrogen) atoms. The van der Waals surface area contributed by atoms with Gasteiger partial charge in [0.1, 0.15) is 0 Å². The van der Waals surface area contributed by atoms with E-state index in [1.54, 1.807) is 6.07 Å². The maximum atomic E-state index is 11.7. The SMILES string of the molecule is FC(F)COc1cc(CCl)ccn1. The Balaban J connectivity index is 2.56. The number of halogens is 3. The number of ether oxygens (including phenoxy) is 1. The largest absolute Gasteiger partial charge is 0.472 e. The summed E-state index contributed by atoms with van der Waals surface area (Å²) in [5.74, 6) is 0.492. The van der Waals surface area contributed by atoms with E-state index in [1.807, 2.05) is 0 Å². The van der Waals surface area contributed by atoms with Crippen molar-refractivity contribution in [1.29, 1.82) is 0 Å². The topological polar surface area (TPSA) is 22.1 Å². The average molecular weight is 208 g/mol. The molecule has 1 heterocycles. The summed E-state index contributed by atoms with van der Waals surface area (Å²) in [6, 6.07) is 3.23. The molecule has 1 rings (SSSR count). The van der Waals surface area contributed by atoms with Crippen LogP contribution in [-0.2, 0) is 5.88 Å².